The number of phenols is 1. The lowest BCUT2D eigenvalue weighted by Crippen LogP contribution is -2.48. The van der Waals surface area contributed by atoms with Crippen LogP contribution in [0.15, 0.2) is 12.1 Å². The number of aromatic hydroxyl groups is 1. The molecule has 1 amide bonds. The van der Waals surface area contributed by atoms with E-state index in [1.807, 2.05) is 29.5 Å². The Morgan fingerprint density at radius 1 is 1.44 bits per heavy atom. The second-order valence-electron chi connectivity index (χ2n) is 4.31. The zero-order valence-corrected chi connectivity index (χ0v) is 14.4. The highest BCUT2D eigenvalue weighted by Gasteiger charge is 2.25. The van der Waals surface area contributed by atoms with Crippen LogP contribution in [0.2, 0.25) is 0 Å². The Kier molecular flexibility index (Phi) is 5.66. The van der Waals surface area contributed by atoms with Crippen molar-refractivity contribution in [3.63, 3.8) is 0 Å². The lowest BCUT2D eigenvalue weighted by Gasteiger charge is -2.27. The first-order valence-corrected chi connectivity index (χ1v) is 7.60. The Hall–Kier alpha value is -0.0900. The number of aliphatic hydroxyl groups excluding tert-OH is 1. The molecule has 1 aromatic rings. The number of hydrogen-bond donors (Lipinski definition) is 3. The molecule has 1 aromatic carbocycles. The summed E-state index contributed by atoms with van der Waals surface area (Å²) in [5.41, 5.74) is -0.435. The van der Waals surface area contributed by atoms with Gasteiger partial charge in [0.2, 0.25) is 0 Å². The summed E-state index contributed by atoms with van der Waals surface area (Å²) in [7, 11) is 0. The third kappa shape index (κ3) is 3.70. The minimum absolute atomic E-state index is 0.0232. The van der Waals surface area contributed by atoms with Gasteiger partial charge in [-0.2, -0.15) is 0 Å². The van der Waals surface area contributed by atoms with Gasteiger partial charge in [0, 0.05) is 3.57 Å². The highest BCUT2D eigenvalue weighted by atomic mass is 127. The molecule has 0 heterocycles. The predicted molar refractivity (Wildman–Crippen MR) is 86.8 cm³/mol. The molecular formula is C12H15I2NO3. The van der Waals surface area contributed by atoms with E-state index in [0.29, 0.717) is 9.99 Å². The van der Waals surface area contributed by atoms with Crippen LogP contribution in [-0.2, 0) is 0 Å². The van der Waals surface area contributed by atoms with Gasteiger partial charge in [-0.3, -0.25) is 4.79 Å². The van der Waals surface area contributed by atoms with E-state index in [1.54, 1.807) is 19.1 Å². The van der Waals surface area contributed by atoms with Crippen LogP contribution < -0.4 is 5.32 Å². The van der Waals surface area contributed by atoms with Crippen molar-refractivity contribution in [3.05, 3.63) is 24.8 Å². The molecule has 1 atom stereocenters. The van der Waals surface area contributed by atoms with E-state index in [-0.39, 0.29) is 23.8 Å². The van der Waals surface area contributed by atoms with Crippen LogP contribution in [0.3, 0.4) is 0 Å². The number of nitrogens with one attached hydrogen (secondary N) is 1. The van der Waals surface area contributed by atoms with Crippen LogP contribution >= 0.6 is 45.2 Å². The fraction of sp³-hybridized carbons (Fsp3) is 0.417. The van der Waals surface area contributed by atoms with Gasteiger partial charge in [0.25, 0.3) is 5.91 Å². The summed E-state index contributed by atoms with van der Waals surface area (Å²) in [6, 6.07) is 3.42. The monoisotopic (exact) mass is 475 g/mol. The van der Waals surface area contributed by atoms with Gasteiger partial charge < -0.3 is 15.5 Å². The van der Waals surface area contributed by atoms with Gasteiger partial charge in [-0.05, 0) is 70.7 Å². The molecule has 0 radical (unpaired) electrons. The third-order valence-corrected chi connectivity index (χ3v) is 4.26. The molecule has 0 aliphatic carbocycles. The highest BCUT2D eigenvalue weighted by molar-refractivity contribution is 14.1. The first-order valence-electron chi connectivity index (χ1n) is 5.44. The molecule has 100 valence electrons. The molecule has 0 fully saturated rings. The number of hydrogen-bond acceptors (Lipinski definition) is 3. The summed E-state index contributed by atoms with van der Waals surface area (Å²) in [6.45, 7) is 3.51. The van der Waals surface area contributed by atoms with Crippen LogP contribution in [0, 0.1) is 7.14 Å². The number of aliphatic hydroxyl groups is 1. The normalized spacial score (nSPS) is 14.1. The summed E-state index contributed by atoms with van der Waals surface area (Å²) >= 11 is 4.07. The molecule has 4 nitrogen and oxygen atoms in total. The van der Waals surface area contributed by atoms with Crippen LogP contribution in [0.4, 0.5) is 0 Å². The number of halogens is 2. The first kappa shape index (κ1) is 16.0. The van der Waals surface area contributed by atoms with E-state index in [0.717, 1.165) is 3.57 Å². The van der Waals surface area contributed by atoms with Gasteiger partial charge in [0.05, 0.1) is 21.3 Å². The standard InChI is InChI=1S/C12H15I2NO3/c1-3-12(2,6-16)15-11(18)8-4-7(13)5-9(14)10(8)17/h4-5,16-17H,3,6H2,1-2H3,(H,15,18). The van der Waals surface area contributed by atoms with E-state index in [1.165, 1.54) is 0 Å². The summed E-state index contributed by atoms with van der Waals surface area (Å²) in [6.07, 6.45) is 0.608. The maximum atomic E-state index is 12.1. The molecule has 0 bridgehead atoms. The number of carbonyl (C=O) groups excluding carboxylic acids is 1. The third-order valence-electron chi connectivity index (χ3n) is 2.82. The maximum absolute atomic E-state index is 12.1. The minimum Gasteiger partial charge on any atom is -0.506 e. The van der Waals surface area contributed by atoms with Crippen molar-refractivity contribution in [2.45, 2.75) is 25.8 Å². The molecule has 0 spiro atoms. The van der Waals surface area contributed by atoms with Gasteiger partial charge in [0.15, 0.2) is 0 Å². The zero-order chi connectivity index (χ0) is 13.9. The Balaban J connectivity index is 3.05. The number of amides is 1. The summed E-state index contributed by atoms with van der Waals surface area (Å²) < 4.78 is 1.51. The van der Waals surface area contributed by atoms with E-state index in [9.17, 15) is 15.0 Å². The largest absolute Gasteiger partial charge is 0.506 e. The molecule has 0 aliphatic rings. The Morgan fingerprint density at radius 2 is 2.06 bits per heavy atom. The first-order chi connectivity index (χ1) is 8.33. The average Bonchev–Trinajstić information content (AvgIpc) is 2.33. The van der Waals surface area contributed by atoms with E-state index in [4.69, 9.17) is 0 Å². The van der Waals surface area contributed by atoms with E-state index < -0.39 is 5.54 Å². The van der Waals surface area contributed by atoms with E-state index in [2.05, 4.69) is 27.9 Å². The van der Waals surface area contributed by atoms with Crippen LogP contribution in [0.25, 0.3) is 0 Å². The van der Waals surface area contributed by atoms with Crippen molar-refractivity contribution in [1.29, 1.82) is 0 Å². The maximum Gasteiger partial charge on any atom is 0.255 e. The minimum atomic E-state index is -0.670. The Bertz CT molecular complexity index is 459. The number of rotatable bonds is 4. The number of benzene rings is 1. The fourth-order valence-corrected chi connectivity index (χ4v) is 3.16. The molecule has 6 heteroatoms. The summed E-state index contributed by atoms with van der Waals surface area (Å²) in [4.78, 5) is 12.1. The quantitative estimate of drug-likeness (QED) is 0.587. The SMILES string of the molecule is CCC(C)(CO)NC(=O)c1cc(I)cc(I)c1O. The Morgan fingerprint density at radius 3 is 2.56 bits per heavy atom. The second-order valence-corrected chi connectivity index (χ2v) is 6.72. The van der Waals surface area contributed by atoms with Crippen molar-refractivity contribution < 1.29 is 15.0 Å². The van der Waals surface area contributed by atoms with Crippen molar-refractivity contribution in [3.8, 4) is 5.75 Å². The molecule has 1 unspecified atom stereocenters. The molecule has 18 heavy (non-hydrogen) atoms. The second kappa shape index (κ2) is 6.38. The summed E-state index contributed by atoms with van der Waals surface area (Å²) in [5, 5.41) is 21.9. The topological polar surface area (TPSA) is 69.6 Å². The van der Waals surface area contributed by atoms with Crippen LogP contribution in [0.1, 0.15) is 30.6 Å². The van der Waals surface area contributed by atoms with Crippen molar-refractivity contribution in [2.24, 2.45) is 0 Å². The molecule has 1 rings (SSSR count). The van der Waals surface area contributed by atoms with Gasteiger partial charge >= 0.3 is 0 Å². The average molecular weight is 475 g/mol. The van der Waals surface area contributed by atoms with Crippen molar-refractivity contribution in [2.75, 3.05) is 6.61 Å². The summed E-state index contributed by atoms with van der Waals surface area (Å²) in [5.74, 6) is -0.396. The molecule has 3 N–H and O–H groups in total. The lowest BCUT2D eigenvalue weighted by molar-refractivity contribution is 0.0844. The Labute approximate surface area is 133 Å². The predicted octanol–water partition coefficient (Wildman–Crippen LogP) is 2.49. The molecule has 0 aromatic heterocycles. The van der Waals surface area contributed by atoms with Crippen LogP contribution in [0.5, 0.6) is 5.75 Å². The number of phenolic OH excluding ortho intramolecular Hbond substituents is 1. The van der Waals surface area contributed by atoms with Gasteiger partial charge in [0.1, 0.15) is 5.75 Å². The van der Waals surface area contributed by atoms with Crippen molar-refractivity contribution >= 4 is 51.1 Å². The fourth-order valence-electron chi connectivity index (χ4n) is 1.32. The smallest absolute Gasteiger partial charge is 0.255 e. The van der Waals surface area contributed by atoms with Gasteiger partial charge in [-0.15, -0.1) is 0 Å². The van der Waals surface area contributed by atoms with Crippen LogP contribution in [-0.4, -0.2) is 28.3 Å². The lowest BCUT2D eigenvalue weighted by atomic mass is 9.99. The van der Waals surface area contributed by atoms with Crippen molar-refractivity contribution in [1.82, 2.24) is 5.32 Å². The highest BCUT2D eigenvalue weighted by Crippen LogP contribution is 2.27. The van der Waals surface area contributed by atoms with Gasteiger partial charge in [-0.1, -0.05) is 6.92 Å². The number of carbonyl (C=O) groups is 1. The van der Waals surface area contributed by atoms with Gasteiger partial charge in [-0.25, -0.2) is 0 Å². The zero-order valence-electron chi connectivity index (χ0n) is 10.1. The van der Waals surface area contributed by atoms with E-state index >= 15 is 0 Å². The molecular weight excluding hydrogens is 460 g/mol. The molecule has 0 saturated carbocycles. The molecule has 0 saturated heterocycles. The molecule has 0 aliphatic heterocycles.